The van der Waals surface area contributed by atoms with E-state index in [9.17, 15) is 4.79 Å². The molecule has 0 spiro atoms. The second-order valence-electron chi connectivity index (χ2n) is 5.16. The van der Waals surface area contributed by atoms with Crippen molar-refractivity contribution >= 4 is 5.91 Å². The molecule has 2 unspecified atom stereocenters. The lowest BCUT2D eigenvalue weighted by Gasteiger charge is -2.38. The summed E-state index contributed by atoms with van der Waals surface area (Å²) in [6.07, 6.45) is 2.30. The van der Waals surface area contributed by atoms with Crippen LogP contribution in [0.2, 0.25) is 0 Å². The van der Waals surface area contributed by atoms with Crippen molar-refractivity contribution in [1.29, 1.82) is 0 Å². The lowest BCUT2D eigenvalue weighted by atomic mass is 9.93. The topological polar surface area (TPSA) is 67.6 Å². The van der Waals surface area contributed by atoms with Gasteiger partial charge in [0, 0.05) is 13.7 Å². The van der Waals surface area contributed by atoms with Crippen LogP contribution in [0.15, 0.2) is 0 Å². The molecule has 17 heavy (non-hydrogen) atoms. The molecule has 5 nitrogen and oxygen atoms in total. The fourth-order valence-corrected chi connectivity index (χ4v) is 2.70. The number of nitrogens with zero attached hydrogens (tertiary/aromatic N) is 1. The first-order chi connectivity index (χ1) is 8.10. The molecule has 0 aliphatic carbocycles. The van der Waals surface area contributed by atoms with E-state index in [1.165, 1.54) is 6.42 Å². The van der Waals surface area contributed by atoms with Crippen molar-refractivity contribution in [3.8, 4) is 0 Å². The lowest BCUT2D eigenvalue weighted by Crippen LogP contribution is -2.54. The van der Waals surface area contributed by atoms with Gasteiger partial charge in [0.2, 0.25) is 0 Å². The number of carbonyl (C=O) groups excluding carboxylic acids is 1. The summed E-state index contributed by atoms with van der Waals surface area (Å²) < 4.78 is 5.20. The zero-order valence-electron chi connectivity index (χ0n) is 11.1. The van der Waals surface area contributed by atoms with Gasteiger partial charge in [-0.25, -0.2) is 5.84 Å². The van der Waals surface area contributed by atoms with Gasteiger partial charge in [-0.3, -0.25) is 15.1 Å². The minimum atomic E-state index is -0.125. The van der Waals surface area contributed by atoms with Crippen LogP contribution >= 0.6 is 0 Å². The summed E-state index contributed by atoms with van der Waals surface area (Å²) in [5, 5.41) is 0. The van der Waals surface area contributed by atoms with E-state index in [2.05, 4.69) is 24.2 Å². The van der Waals surface area contributed by atoms with Crippen LogP contribution in [0.25, 0.3) is 0 Å². The highest BCUT2D eigenvalue weighted by molar-refractivity contribution is 5.81. The zero-order chi connectivity index (χ0) is 12.8. The Kier molecular flexibility index (Phi) is 5.88. The Labute approximate surface area is 104 Å². The van der Waals surface area contributed by atoms with Crippen LogP contribution in [0.4, 0.5) is 0 Å². The maximum absolute atomic E-state index is 11.8. The number of nitrogens with one attached hydrogen (secondary N) is 1. The molecule has 0 bridgehead atoms. The van der Waals surface area contributed by atoms with Crippen LogP contribution in [-0.4, -0.2) is 43.7 Å². The number of ether oxygens (including phenoxy) is 1. The number of hydrogen-bond acceptors (Lipinski definition) is 4. The molecule has 1 aliphatic rings. The fourth-order valence-electron chi connectivity index (χ4n) is 2.70. The minimum absolute atomic E-state index is 0.0851. The highest BCUT2D eigenvalue weighted by Gasteiger charge is 2.32. The summed E-state index contributed by atoms with van der Waals surface area (Å²) in [4.78, 5) is 14.0. The van der Waals surface area contributed by atoms with E-state index in [-0.39, 0.29) is 17.9 Å². The van der Waals surface area contributed by atoms with E-state index >= 15 is 0 Å². The average molecular weight is 243 g/mol. The molecular formula is C12H25N3O2. The van der Waals surface area contributed by atoms with E-state index < -0.39 is 0 Å². The second kappa shape index (κ2) is 6.93. The maximum atomic E-state index is 11.8. The molecule has 0 aromatic carbocycles. The van der Waals surface area contributed by atoms with Crippen LogP contribution in [-0.2, 0) is 9.53 Å². The standard InChI is InChI=1S/C12H25N3O2/c1-9(2)11(12(16)14-13)15-6-4-5-10(7-15)8-17-3/h9-11H,4-8,13H2,1-3H3,(H,14,16). The molecule has 5 heteroatoms. The predicted octanol–water partition coefficient (Wildman–Crippen LogP) is 0.359. The van der Waals surface area contributed by atoms with Crippen LogP contribution in [0.5, 0.6) is 0 Å². The summed E-state index contributed by atoms with van der Waals surface area (Å²) in [7, 11) is 1.73. The second-order valence-corrected chi connectivity index (χ2v) is 5.16. The number of likely N-dealkylation sites (tertiary alicyclic amines) is 1. The summed E-state index contributed by atoms with van der Waals surface area (Å²) in [6.45, 7) is 6.77. The smallest absolute Gasteiger partial charge is 0.251 e. The summed E-state index contributed by atoms with van der Waals surface area (Å²) in [5.41, 5.74) is 2.28. The number of nitrogens with two attached hydrogens (primary N) is 1. The van der Waals surface area contributed by atoms with Gasteiger partial charge in [0.1, 0.15) is 0 Å². The van der Waals surface area contributed by atoms with Crippen molar-refractivity contribution in [2.24, 2.45) is 17.7 Å². The highest BCUT2D eigenvalue weighted by atomic mass is 16.5. The Morgan fingerprint density at radius 3 is 2.82 bits per heavy atom. The summed E-state index contributed by atoms with van der Waals surface area (Å²) in [5.74, 6) is 5.97. The van der Waals surface area contributed by atoms with Gasteiger partial charge in [0.25, 0.3) is 5.91 Å². The molecule has 0 saturated carbocycles. The molecule has 2 atom stereocenters. The first-order valence-corrected chi connectivity index (χ1v) is 6.33. The number of hydrogen-bond donors (Lipinski definition) is 2. The van der Waals surface area contributed by atoms with Crippen LogP contribution in [0.1, 0.15) is 26.7 Å². The van der Waals surface area contributed by atoms with Gasteiger partial charge in [-0.2, -0.15) is 0 Å². The Hall–Kier alpha value is -0.650. The number of amides is 1. The largest absolute Gasteiger partial charge is 0.384 e. The van der Waals surface area contributed by atoms with Gasteiger partial charge in [-0.1, -0.05) is 13.8 Å². The van der Waals surface area contributed by atoms with Crippen LogP contribution in [0.3, 0.4) is 0 Å². The molecule has 1 aliphatic heterocycles. The molecule has 0 aromatic rings. The third kappa shape index (κ3) is 3.94. The van der Waals surface area contributed by atoms with Crippen LogP contribution in [0, 0.1) is 11.8 Å². The third-order valence-electron chi connectivity index (χ3n) is 3.39. The van der Waals surface area contributed by atoms with E-state index in [1.54, 1.807) is 7.11 Å². The molecule has 1 rings (SSSR count). The number of carbonyl (C=O) groups is 1. The Morgan fingerprint density at radius 1 is 1.59 bits per heavy atom. The van der Waals surface area contributed by atoms with Crippen molar-refractivity contribution in [3.05, 3.63) is 0 Å². The van der Waals surface area contributed by atoms with E-state index in [4.69, 9.17) is 10.6 Å². The number of hydrazine groups is 1. The molecule has 100 valence electrons. The first-order valence-electron chi connectivity index (χ1n) is 6.33. The van der Waals surface area contributed by atoms with E-state index in [0.717, 1.165) is 26.1 Å². The minimum Gasteiger partial charge on any atom is -0.384 e. The SMILES string of the molecule is COCC1CCCN(C(C(=O)NN)C(C)C)C1. The van der Waals surface area contributed by atoms with Gasteiger partial charge in [-0.05, 0) is 31.2 Å². The lowest BCUT2D eigenvalue weighted by molar-refractivity contribution is -0.129. The molecule has 0 radical (unpaired) electrons. The van der Waals surface area contributed by atoms with Crippen molar-refractivity contribution in [1.82, 2.24) is 10.3 Å². The normalized spacial score (nSPS) is 23.7. The van der Waals surface area contributed by atoms with Crippen molar-refractivity contribution in [3.63, 3.8) is 0 Å². The highest BCUT2D eigenvalue weighted by Crippen LogP contribution is 2.21. The van der Waals surface area contributed by atoms with Crippen molar-refractivity contribution < 1.29 is 9.53 Å². The Bertz CT molecular complexity index is 244. The van der Waals surface area contributed by atoms with Gasteiger partial charge in [-0.15, -0.1) is 0 Å². The molecular weight excluding hydrogens is 218 g/mol. The number of piperidine rings is 1. The predicted molar refractivity (Wildman–Crippen MR) is 67.1 cm³/mol. The van der Waals surface area contributed by atoms with Gasteiger partial charge < -0.3 is 4.74 Å². The molecule has 1 amide bonds. The van der Waals surface area contributed by atoms with Gasteiger partial charge >= 0.3 is 0 Å². The van der Waals surface area contributed by atoms with E-state index in [0.29, 0.717) is 5.92 Å². The number of rotatable bonds is 5. The average Bonchev–Trinajstić information content (AvgIpc) is 2.29. The molecule has 1 heterocycles. The van der Waals surface area contributed by atoms with Gasteiger partial charge in [0.15, 0.2) is 0 Å². The van der Waals surface area contributed by atoms with Crippen molar-refractivity contribution in [2.75, 3.05) is 26.8 Å². The van der Waals surface area contributed by atoms with E-state index in [1.807, 2.05) is 0 Å². The monoisotopic (exact) mass is 243 g/mol. The third-order valence-corrected chi connectivity index (χ3v) is 3.39. The Balaban J connectivity index is 2.64. The quantitative estimate of drug-likeness (QED) is 0.415. The molecule has 3 N–H and O–H groups in total. The molecule has 0 aromatic heterocycles. The first kappa shape index (κ1) is 14.4. The number of methoxy groups -OCH3 is 1. The Morgan fingerprint density at radius 2 is 2.29 bits per heavy atom. The maximum Gasteiger partial charge on any atom is 0.251 e. The molecule has 1 fully saturated rings. The fraction of sp³-hybridized carbons (Fsp3) is 0.917. The summed E-state index contributed by atoms with van der Waals surface area (Å²) in [6, 6.07) is -0.125. The van der Waals surface area contributed by atoms with Crippen LogP contribution < -0.4 is 11.3 Å². The zero-order valence-corrected chi connectivity index (χ0v) is 11.1. The summed E-state index contributed by atoms with van der Waals surface area (Å²) >= 11 is 0. The molecule has 1 saturated heterocycles. The van der Waals surface area contributed by atoms with Gasteiger partial charge in [0.05, 0.1) is 12.6 Å². The van der Waals surface area contributed by atoms with Crippen molar-refractivity contribution in [2.45, 2.75) is 32.7 Å².